The maximum atomic E-state index is 10.2. The molecule has 1 heterocycles. The lowest BCUT2D eigenvalue weighted by atomic mass is 9.93. The highest BCUT2D eigenvalue weighted by molar-refractivity contribution is 5.10. The normalized spacial score (nSPS) is 13.4. The Morgan fingerprint density at radius 3 is 2.44 bits per heavy atom. The summed E-state index contributed by atoms with van der Waals surface area (Å²) in [6.45, 7) is 9.23. The fraction of sp³-hybridized carbons (Fsp3) is 0.769. The Morgan fingerprint density at radius 1 is 1.31 bits per heavy atom. The van der Waals surface area contributed by atoms with Crippen LogP contribution in [0.4, 0.5) is 0 Å². The lowest BCUT2D eigenvalue weighted by Crippen LogP contribution is -2.23. The van der Waals surface area contributed by atoms with Crippen molar-refractivity contribution in [2.24, 2.45) is 5.92 Å². The summed E-state index contributed by atoms with van der Waals surface area (Å²) in [6.07, 6.45) is 2.56. The van der Waals surface area contributed by atoms with Gasteiger partial charge < -0.3 is 5.11 Å². The Kier molecular flexibility index (Phi) is 5.00. The first-order valence-electron chi connectivity index (χ1n) is 6.33. The van der Waals surface area contributed by atoms with Gasteiger partial charge in [-0.3, -0.25) is 4.68 Å². The molecule has 3 nitrogen and oxygen atoms in total. The topological polar surface area (TPSA) is 38.1 Å². The minimum absolute atomic E-state index is 0.239. The average Bonchev–Trinajstić information content (AvgIpc) is 2.60. The molecule has 3 heteroatoms. The lowest BCUT2D eigenvalue weighted by molar-refractivity contribution is 0.101. The Morgan fingerprint density at radius 2 is 1.94 bits per heavy atom. The molecule has 1 N–H and O–H groups in total. The second-order valence-electron chi connectivity index (χ2n) is 4.44. The summed E-state index contributed by atoms with van der Waals surface area (Å²) in [5.74, 6) is 0.403. The summed E-state index contributed by atoms with van der Waals surface area (Å²) in [5, 5.41) is 14.5. The molecule has 0 bridgehead atoms. The van der Waals surface area contributed by atoms with Gasteiger partial charge in [-0.2, -0.15) is 5.10 Å². The molecule has 0 aliphatic carbocycles. The lowest BCUT2D eigenvalue weighted by Gasteiger charge is -2.20. The number of hydrogen-bond donors (Lipinski definition) is 1. The third kappa shape index (κ3) is 3.08. The number of aromatic nitrogens is 2. The van der Waals surface area contributed by atoms with Crippen molar-refractivity contribution in [3.05, 3.63) is 17.5 Å². The first-order valence-corrected chi connectivity index (χ1v) is 6.33. The predicted molar refractivity (Wildman–Crippen MR) is 66.4 cm³/mol. The molecule has 1 atom stereocenters. The molecular weight excluding hydrogens is 200 g/mol. The van der Waals surface area contributed by atoms with E-state index in [2.05, 4.69) is 31.9 Å². The molecule has 92 valence electrons. The average molecular weight is 224 g/mol. The van der Waals surface area contributed by atoms with Gasteiger partial charge in [0.1, 0.15) is 0 Å². The van der Waals surface area contributed by atoms with Crippen LogP contribution in [0.5, 0.6) is 0 Å². The van der Waals surface area contributed by atoms with E-state index in [1.54, 1.807) is 0 Å². The molecule has 0 aromatic carbocycles. The van der Waals surface area contributed by atoms with Gasteiger partial charge in [0.15, 0.2) is 0 Å². The number of rotatable bonds is 6. The fourth-order valence-corrected chi connectivity index (χ4v) is 2.25. The summed E-state index contributed by atoms with van der Waals surface area (Å²) in [5.41, 5.74) is 2.19. The van der Waals surface area contributed by atoms with Crippen LogP contribution in [0.3, 0.4) is 0 Å². The van der Waals surface area contributed by atoms with Gasteiger partial charge in [-0.15, -0.1) is 0 Å². The van der Waals surface area contributed by atoms with E-state index in [1.165, 1.54) is 0 Å². The quantitative estimate of drug-likeness (QED) is 0.806. The number of aryl methyl sites for hydroxylation is 2. The summed E-state index contributed by atoms with van der Waals surface area (Å²) < 4.78 is 1.99. The number of aliphatic hydroxyl groups excluding tert-OH is 1. The van der Waals surface area contributed by atoms with Gasteiger partial charge in [0.05, 0.1) is 11.8 Å². The Balaban J connectivity index is 2.71. The van der Waals surface area contributed by atoms with Crippen LogP contribution in [0.1, 0.15) is 45.0 Å². The molecule has 0 spiro atoms. The summed E-state index contributed by atoms with van der Waals surface area (Å²) in [4.78, 5) is 0. The van der Waals surface area contributed by atoms with E-state index in [0.717, 1.165) is 37.2 Å². The van der Waals surface area contributed by atoms with Gasteiger partial charge in [0, 0.05) is 18.7 Å². The molecule has 0 radical (unpaired) electrons. The molecule has 1 rings (SSSR count). The van der Waals surface area contributed by atoms with E-state index in [4.69, 9.17) is 0 Å². The van der Waals surface area contributed by atoms with Gasteiger partial charge in [-0.25, -0.2) is 0 Å². The van der Waals surface area contributed by atoms with Crippen molar-refractivity contribution >= 4 is 0 Å². The summed E-state index contributed by atoms with van der Waals surface area (Å²) in [6, 6.07) is 2.08. The Labute approximate surface area is 98.5 Å². The van der Waals surface area contributed by atoms with Crippen LogP contribution >= 0.6 is 0 Å². The maximum absolute atomic E-state index is 10.2. The van der Waals surface area contributed by atoms with Gasteiger partial charge >= 0.3 is 0 Å². The number of aliphatic hydroxyl groups is 1. The van der Waals surface area contributed by atoms with Crippen molar-refractivity contribution in [3.63, 3.8) is 0 Å². The fourth-order valence-electron chi connectivity index (χ4n) is 2.25. The highest BCUT2D eigenvalue weighted by Gasteiger charge is 2.18. The van der Waals surface area contributed by atoms with Crippen LogP contribution in [0.15, 0.2) is 6.07 Å². The zero-order valence-corrected chi connectivity index (χ0v) is 10.9. The van der Waals surface area contributed by atoms with Crippen molar-refractivity contribution in [1.82, 2.24) is 9.78 Å². The molecule has 1 aromatic rings. The van der Waals surface area contributed by atoms with Gasteiger partial charge in [0.25, 0.3) is 0 Å². The molecule has 0 aliphatic heterocycles. The predicted octanol–water partition coefficient (Wildman–Crippen LogP) is 2.55. The van der Waals surface area contributed by atoms with Gasteiger partial charge in [-0.05, 0) is 25.8 Å². The molecule has 0 saturated carbocycles. The highest BCUT2D eigenvalue weighted by Crippen LogP contribution is 2.17. The van der Waals surface area contributed by atoms with Gasteiger partial charge in [0.2, 0.25) is 0 Å². The first-order chi connectivity index (χ1) is 7.62. The Bertz CT molecular complexity index is 316. The second kappa shape index (κ2) is 6.04. The molecule has 1 unspecified atom stereocenters. The third-order valence-electron chi connectivity index (χ3n) is 3.30. The zero-order valence-electron chi connectivity index (χ0n) is 10.9. The first kappa shape index (κ1) is 13.2. The van der Waals surface area contributed by atoms with Crippen LogP contribution in [-0.2, 0) is 13.0 Å². The molecule has 0 aliphatic rings. The van der Waals surface area contributed by atoms with Crippen molar-refractivity contribution < 1.29 is 5.11 Å². The molecule has 0 amide bonds. The smallest absolute Gasteiger partial charge is 0.0623 e. The van der Waals surface area contributed by atoms with Crippen molar-refractivity contribution in [1.29, 1.82) is 0 Å². The van der Waals surface area contributed by atoms with E-state index in [0.29, 0.717) is 5.92 Å². The number of hydrogen-bond acceptors (Lipinski definition) is 2. The van der Waals surface area contributed by atoms with Crippen molar-refractivity contribution in [2.45, 2.75) is 59.6 Å². The molecule has 16 heavy (non-hydrogen) atoms. The van der Waals surface area contributed by atoms with Gasteiger partial charge in [-0.1, -0.05) is 26.7 Å². The monoisotopic (exact) mass is 224 g/mol. The van der Waals surface area contributed by atoms with Crippen LogP contribution in [0, 0.1) is 12.8 Å². The van der Waals surface area contributed by atoms with Crippen molar-refractivity contribution in [3.8, 4) is 0 Å². The van der Waals surface area contributed by atoms with Crippen LogP contribution in [-0.4, -0.2) is 21.0 Å². The summed E-state index contributed by atoms with van der Waals surface area (Å²) >= 11 is 0. The summed E-state index contributed by atoms with van der Waals surface area (Å²) in [7, 11) is 0. The third-order valence-corrected chi connectivity index (χ3v) is 3.30. The second-order valence-corrected chi connectivity index (χ2v) is 4.44. The molecule has 0 saturated heterocycles. The minimum Gasteiger partial charge on any atom is -0.392 e. The minimum atomic E-state index is -0.239. The number of nitrogens with zero attached hydrogens (tertiary/aromatic N) is 2. The zero-order chi connectivity index (χ0) is 12.1. The van der Waals surface area contributed by atoms with Crippen LogP contribution in [0.25, 0.3) is 0 Å². The maximum Gasteiger partial charge on any atom is 0.0623 e. The highest BCUT2D eigenvalue weighted by atomic mass is 16.3. The largest absolute Gasteiger partial charge is 0.392 e. The SMILES string of the molecule is CCC(CC)C(O)Cc1cc(C)nn1CC. The molecular formula is C13H24N2O. The van der Waals surface area contributed by atoms with E-state index in [1.807, 2.05) is 11.6 Å². The van der Waals surface area contributed by atoms with E-state index >= 15 is 0 Å². The van der Waals surface area contributed by atoms with E-state index in [-0.39, 0.29) is 6.10 Å². The van der Waals surface area contributed by atoms with Crippen molar-refractivity contribution in [2.75, 3.05) is 0 Å². The molecule has 1 aromatic heterocycles. The van der Waals surface area contributed by atoms with E-state index < -0.39 is 0 Å². The van der Waals surface area contributed by atoms with E-state index in [9.17, 15) is 5.11 Å². The Hall–Kier alpha value is -0.830. The van der Waals surface area contributed by atoms with Crippen LogP contribution in [0.2, 0.25) is 0 Å². The van der Waals surface area contributed by atoms with Crippen LogP contribution < -0.4 is 0 Å². The molecule has 0 fully saturated rings. The standard InChI is InChI=1S/C13H24N2O/c1-5-11(6-2)13(16)9-12-8-10(4)14-15(12)7-3/h8,11,13,16H,5-7,9H2,1-4H3.